The zero-order chi connectivity index (χ0) is 15.9. The summed E-state index contributed by atoms with van der Waals surface area (Å²) in [6.45, 7) is 2.39. The van der Waals surface area contributed by atoms with E-state index >= 15 is 0 Å². The molecule has 0 saturated carbocycles. The van der Waals surface area contributed by atoms with Crippen molar-refractivity contribution in [3.8, 4) is 0 Å². The van der Waals surface area contributed by atoms with E-state index in [1.54, 1.807) is 6.92 Å². The molecular weight excluding hydrogens is 270 g/mol. The second-order valence-electron chi connectivity index (χ2n) is 4.94. The molecule has 1 aromatic carbocycles. The zero-order valence-corrected chi connectivity index (χ0v) is 12.8. The number of methoxy groups -OCH3 is 1. The van der Waals surface area contributed by atoms with Gasteiger partial charge in [0.05, 0.1) is 7.11 Å². The van der Waals surface area contributed by atoms with E-state index in [4.69, 9.17) is 10.3 Å². The molecule has 0 bridgehead atoms. The molecule has 0 aromatic heterocycles. The highest BCUT2D eigenvalue weighted by molar-refractivity contribution is 5.82. The van der Waals surface area contributed by atoms with Crippen LogP contribution in [0.3, 0.4) is 0 Å². The van der Waals surface area contributed by atoms with Crippen molar-refractivity contribution in [2.75, 3.05) is 39.2 Å². The summed E-state index contributed by atoms with van der Waals surface area (Å²) in [5.74, 6) is -0.388. The molecule has 0 aliphatic rings. The van der Waals surface area contributed by atoms with Crippen LogP contribution in [0.4, 0.5) is 5.69 Å². The normalized spacial score (nSPS) is 13.0. The molecule has 1 unspecified atom stereocenters. The van der Waals surface area contributed by atoms with Crippen LogP contribution in [-0.2, 0) is 15.1 Å². The first kappa shape index (κ1) is 16.8. The lowest BCUT2D eigenvalue weighted by molar-refractivity contribution is -0.148. The fourth-order valence-electron chi connectivity index (χ4n) is 1.99. The smallest absolute Gasteiger partial charge is 0.330 e. The Morgan fingerprint density at radius 2 is 2.05 bits per heavy atom. The molecule has 7 heteroatoms. The van der Waals surface area contributed by atoms with Gasteiger partial charge in [0.1, 0.15) is 5.54 Å². The van der Waals surface area contributed by atoms with Crippen molar-refractivity contribution in [3.05, 3.63) is 40.3 Å². The topological polar surface area (TPSA) is 90.3 Å². The fourth-order valence-corrected chi connectivity index (χ4v) is 1.99. The van der Waals surface area contributed by atoms with Gasteiger partial charge in [-0.15, -0.1) is 0 Å². The summed E-state index contributed by atoms with van der Waals surface area (Å²) < 4.78 is 4.89. The van der Waals surface area contributed by atoms with Crippen molar-refractivity contribution < 1.29 is 9.53 Å². The van der Waals surface area contributed by atoms with Crippen LogP contribution < -0.4 is 10.2 Å². The maximum Gasteiger partial charge on any atom is 0.330 e. The second kappa shape index (κ2) is 7.52. The van der Waals surface area contributed by atoms with Crippen molar-refractivity contribution in [1.82, 2.24) is 5.32 Å². The summed E-state index contributed by atoms with van der Waals surface area (Å²) in [5.41, 5.74) is 9.14. The first-order valence-corrected chi connectivity index (χ1v) is 6.58. The monoisotopic (exact) mass is 291 g/mol. The molecule has 0 heterocycles. The number of nitrogens with zero attached hydrogens (tertiary/aromatic N) is 4. The van der Waals surface area contributed by atoms with Gasteiger partial charge in [-0.1, -0.05) is 17.2 Å². The van der Waals surface area contributed by atoms with E-state index in [0.29, 0.717) is 6.54 Å². The van der Waals surface area contributed by atoms with Gasteiger partial charge in [0, 0.05) is 37.8 Å². The van der Waals surface area contributed by atoms with Crippen LogP contribution in [0.15, 0.2) is 29.4 Å². The van der Waals surface area contributed by atoms with Crippen LogP contribution in [0.25, 0.3) is 10.4 Å². The third kappa shape index (κ3) is 4.11. The Hall–Kier alpha value is -2.24. The molecule has 0 fully saturated rings. The lowest BCUT2D eigenvalue weighted by Crippen LogP contribution is -2.48. The van der Waals surface area contributed by atoms with Gasteiger partial charge in [-0.25, -0.2) is 4.79 Å². The van der Waals surface area contributed by atoms with Crippen molar-refractivity contribution in [1.29, 1.82) is 0 Å². The van der Waals surface area contributed by atoms with E-state index < -0.39 is 5.54 Å². The van der Waals surface area contributed by atoms with Crippen LogP contribution in [-0.4, -0.2) is 40.3 Å². The molecule has 0 radical (unpaired) electrons. The highest BCUT2D eigenvalue weighted by Gasteiger charge is 2.35. The molecule has 0 amide bonds. The number of ether oxygens (including phenoxy) is 1. The minimum absolute atomic E-state index is 0.263. The molecular formula is C14H21N5O2. The molecule has 0 aliphatic carbocycles. The van der Waals surface area contributed by atoms with Gasteiger partial charge >= 0.3 is 5.97 Å². The van der Waals surface area contributed by atoms with Crippen LogP contribution in [0, 0.1) is 0 Å². The number of nitrogens with one attached hydrogen (secondary N) is 1. The van der Waals surface area contributed by atoms with Gasteiger partial charge < -0.3 is 9.64 Å². The van der Waals surface area contributed by atoms with Crippen LogP contribution >= 0.6 is 0 Å². The van der Waals surface area contributed by atoms with E-state index in [0.717, 1.165) is 11.3 Å². The Bertz CT molecular complexity index is 523. The summed E-state index contributed by atoms with van der Waals surface area (Å²) in [5, 5.41) is 6.54. The molecule has 0 saturated heterocycles. The van der Waals surface area contributed by atoms with Crippen molar-refractivity contribution in [2.45, 2.75) is 12.5 Å². The number of rotatable bonds is 7. The van der Waals surface area contributed by atoms with Gasteiger partial charge in [0.25, 0.3) is 0 Å². The minimum atomic E-state index is -0.982. The number of anilines is 1. The average molecular weight is 291 g/mol. The maximum atomic E-state index is 12.1. The standard InChI is InChI=1S/C14H21N5O2/c1-14(13(20)21-4,16-9-10-17-18-15)11-5-7-12(8-6-11)19(2)3/h5-8,16H,9-10H2,1-4H3. The molecule has 1 atom stereocenters. The molecule has 21 heavy (non-hydrogen) atoms. The van der Waals surface area contributed by atoms with Crippen LogP contribution in [0.2, 0.25) is 0 Å². The van der Waals surface area contributed by atoms with Crippen molar-refractivity contribution in [2.24, 2.45) is 5.11 Å². The third-order valence-corrected chi connectivity index (χ3v) is 3.31. The van der Waals surface area contributed by atoms with Gasteiger partial charge in [-0.3, -0.25) is 5.32 Å². The van der Waals surface area contributed by atoms with E-state index in [1.807, 2.05) is 43.3 Å². The fraction of sp³-hybridized carbons (Fsp3) is 0.500. The third-order valence-electron chi connectivity index (χ3n) is 3.31. The number of azide groups is 1. The summed E-state index contributed by atoms with van der Waals surface area (Å²) >= 11 is 0. The van der Waals surface area contributed by atoms with Gasteiger partial charge in [-0.05, 0) is 30.2 Å². The first-order valence-electron chi connectivity index (χ1n) is 6.58. The molecule has 1 N–H and O–H groups in total. The highest BCUT2D eigenvalue weighted by atomic mass is 16.5. The van der Waals surface area contributed by atoms with E-state index in [-0.39, 0.29) is 12.5 Å². The first-order chi connectivity index (χ1) is 9.95. The minimum Gasteiger partial charge on any atom is -0.467 e. The summed E-state index contributed by atoms with van der Waals surface area (Å²) in [7, 11) is 5.25. The lowest BCUT2D eigenvalue weighted by Gasteiger charge is -2.29. The summed E-state index contributed by atoms with van der Waals surface area (Å²) in [6.07, 6.45) is 0. The van der Waals surface area contributed by atoms with Crippen molar-refractivity contribution >= 4 is 11.7 Å². The predicted octanol–water partition coefficient (Wildman–Crippen LogP) is 2.04. The largest absolute Gasteiger partial charge is 0.467 e. The molecule has 7 nitrogen and oxygen atoms in total. The molecule has 0 spiro atoms. The molecule has 1 aromatic rings. The Morgan fingerprint density at radius 3 is 2.52 bits per heavy atom. The summed E-state index contributed by atoms with van der Waals surface area (Å²) in [4.78, 5) is 16.8. The number of hydrogen-bond donors (Lipinski definition) is 1. The number of carbonyl (C=O) groups is 1. The number of carbonyl (C=O) groups excluding carboxylic acids is 1. The van der Waals surface area contributed by atoms with E-state index in [1.165, 1.54) is 7.11 Å². The molecule has 0 aliphatic heterocycles. The molecule has 114 valence electrons. The van der Waals surface area contributed by atoms with Crippen molar-refractivity contribution in [3.63, 3.8) is 0 Å². The second-order valence-corrected chi connectivity index (χ2v) is 4.94. The quantitative estimate of drug-likeness (QED) is 0.274. The maximum absolute atomic E-state index is 12.1. The van der Waals surface area contributed by atoms with Gasteiger partial charge in [0.15, 0.2) is 0 Å². The van der Waals surface area contributed by atoms with Gasteiger partial charge in [0.2, 0.25) is 0 Å². The Morgan fingerprint density at radius 1 is 1.43 bits per heavy atom. The Kier molecular flexibility index (Phi) is 6.02. The van der Waals surface area contributed by atoms with E-state index in [2.05, 4.69) is 15.3 Å². The highest BCUT2D eigenvalue weighted by Crippen LogP contribution is 2.24. The van der Waals surface area contributed by atoms with E-state index in [9.17, 15) is 4.79 Å². The predicted molar refractivity (Wildman–Crippen MR) is 82.2 cm³/mol. The lowest BCUT2D eigenvalue weighted by atomic mass is 9.91. The zero-order valence-electron chi connectivity index (χ0n) is 12.8. The summed E-state index contributed by atoms with van der Waals surface area (Å²) in [6, 6.07) is 7.64. The number of esters is 1. The number of benzene rings is 1. The van der Waals surface area contributed by atoms with Crippen LogP contribution in [0.5, 0.6) is 0 Å². The van der Waals surface area contributed by atoms with Crippen LogP contribution in [0.1, 0.15) is 12.5 Å². The SMILES string of the molecule is COC(=O)C(C)(NCCN=[N+]=[N-])c1ccc(N(C)C)cc1. The molecule has 1 rings (SSSR count). The van der Waals surface area contributed by atoms with Gasteiger partial charge in [-0.2, -0.15) is 0 Å². The number of hydrogen-bond acceptors (Lipinski definition) is 5. The average Bonchev–Trinajstić information content (AvgIpc) is 2.50. The Balaban J connectivity index is 3.00. The Labute approximate surface area is 124 Å².